The van der Waals surface area contributed by atoms with Gasteiger partial charge in [-0.25, -0.2) is 0 Å². The van der Waals surface area contributed by atoms with Crippen molar-refractivity contribution in [1.82, 2.24) is 10.1 Å². The highest BCUT2D eigenvalue weighted by Crippen LogP contribution is 2.51. The summed E-state index contributed by atoms with van der Waals surface area (Å²) in [6.45, 7) is 0.298. The first-order chi connectivity index (χ1) is 15.5. The summed E-state index contributed by atoms with van der Waals surface area (Å²) in [5.74, 6) is 1.10. The van der Waals surface area contributed by atoms with Crippen LogP contribution in [0.15, 0.2) is 52.6 Å². The van der Waals surface area contributed by atoms with E-state index in [-0.39, 0.29) is 40.8 Å². The maximum absolute atomic E-state index is 13.5. The second-order valence-corrected chi connectivity index (χ2v) is 9.89. The maximum atomic E-state index is 13.5. The van der Waals surface area contributed by atoms with E-state index >= 15 is 0 Å². The standard InChI is InChI=1S/C25H27N2O4Si/c1-27(2)21-17-11-10-15-8-9-16(24(15)32)12-18(28)19(17)22(29)20-23(21)31-26-25(20)30-13-14-6-4-3-5-7-14/h3-9,15-17,21,24,29H,10-13H2,1-2H3/t15-,16+,17-,21-,24?/m1/s1. The summed E-state index contributed by atoms with van der Waals surface area (Å²) in [4.78, 5) is 15.6. The molecule has 1 aromatic heterocycles. The van der Waals surface area contributed by atoms with E-state index in [2.05, 4.69) is 27.6 Å². The molecule has 5 rings (SSSR count). The fourth-order valence-corrected chi connectivity index (χ4v) is 5.93. The van der Waals surface area contributed by atoms with E-state index in [9.17, 15) is 9.90 Å². The van der Waals surface area contributed by atoms with Gasteiger partial charge in [-0.3, -0.25) is 9.69 Å². The van der Waals surface area contributed by atoms with E-state index in [1.54, 1.807) is 0 Å². The molecule has 2 aromatic rings. The molecule has 1 saturated carbocycles. The average Bonchev–Trinajstić information content (AvgIpc) is 3.36. The smallest absolute Gasteiger partial charge is 0.265 e. The number of nitrogens with zero attached hydrogens (tertiary/aromatic N) is 2. The van der Waals surface area contributed by atoms with Gasteiger partial charge in [0.25, 0.3) is 5.88 Å². The molecule has 5 atom stereocenters. The third-order valence-corrected chi connectivity index (χ3v) is 7.89. The normalized spacial score (nSPS) is 29.4. The summed E-state index contributed by atoms with van der Waals surface area (Å²) < 4.78 is 11.7. The zero-order valence-corrected chi connectivity index (χ0v) is 19.3. The SMILES string of the molecule is CN(C)[C@H]1c2onc(OCc3ccccc3)c2C(O)=C2C(=O)C[C@@H]3C=C[C@H](CC[C@H]21)C3[Si]. The average molecular weight is 448 g/mol. The highest BCUT2D eigenvalue weighted by Gasteiger charge is 2.46. The Morgan fingerprint density at radius 1 is 1.19 bits per heavy atom. The summed E-state index contributed by atoms with van der Waals surface area (Å²) in [6.07, 6.45) is 6.45. The van der Waals surface area contributed by atoms with Crippen LogP contribution < -0.4 is 4.74 Å². The largest absolute Gasteiger partial charge is 0.507 e. The van der Waals surface area contributed by atoms with Gasteiger partial charge in [0.05, 0.1) is 6.04 Å². The van der Waals surface area contributed by atoms with Crippen molar-refractivity contribution in [2.45, 2.75) is 37.5 Å². The molecule has 1 fully saturated rings. The Balaban J connectivity index is 1.55. The molecule has 3 radical (unpaired) electrons. The lowest BCUT2D eigenvalue weighted by molar-refractivity contribution is -0.117. The molecule has 1 N–H and O–H groups in total. The Labute approximate surface area is 191 Å². The molecule has 2 bridgehead atoms. The van der Waals surface area contributed by atoms with Crippen LogP contribution in [0, 0.1) is 17.8 Å². The first kappa shape index (κ1) is 21.2. The molecule has 1 unspecified atom stereocenters. The van der Waals surface area contributed by atoms with E-state index in [1.807, 2.05) is 49.3 Å². The fourth-order valence-electron chi connectivity index (χ4n) is 5.43. The predicted octanol–water partition coefficient (Wildman–Crippen LogP) is 4.27. The van der Waals surface area contributed by atoms with Crippen LogP contribution in [-0.2, 0) is 11.4 Å². The molecule has 1 heterocycles. The molecular weight excluding hydrogens is 420 g/mol. The summed E-state index contributed by atoms with van der Waals surface area (Å²) in [7, 11) is 7.81. The van der Waals surface area contributed by atoms with Crippen molar-refractivity contribution >= 4 is 21.8 Å². The van der Waals surface area contributed by atoms with Crippen LogP contribution >= 0.6 is 0 Å². The molecule has 165 valence electrons. The van der Waals surface area contributed by atoms with Gasteiger partial charge in [-0.2, -0.15) is 0 Å². The molecule has 6 nitrogen and oxygen atoms in total. The summed E-state index contributed by atoms with van der Waals surface area (Å²) in [5, 5.41) is 15.5. The lowest BCUT2D eigenvalue weighted by Crippen LogP contribution is -2.34. The van der Waals surface area contributed by atoms with Gasteiger partial charge in [-0.15, -0.1) is 0 Å². The molecule has 0 aliphatic heterocycles. The number of aliphatic hydroxyl groups is 1. The second kappa shape index (κ2) is 8.37. The Bertz CT molecular complexity index is 1070. The molecule has 0 saturated heterocycles. The topological polar surface area (TPSA) is 75.8 Å². The Morgan fingerprint density at radius 3 is 2.69 bits per heavy atom. The first-order valence-corrected chi connectivity index (χ1v) is 11.7. The molecule has 1 aromatic carbocycles. The third-order valence-electron chi connectivity index (χ3n) is 7.03. The van der Waals surface area contributed by atoms with Gasteiger partial charge in [0, 0.05) is 28.2 Å². The molecule has 3 aliphatic rings. The number of hydrogen-bond donors (Lipinski definition) is 1. The number of rotatable bonds is 4. The van der Waals surface area contributed by atoms with Crippen molar-refractivity contribution in [3.8, 4) is 5.88 Å². The summed E-state index contributed by atoms with van der Waals surface area (Å²) in [5.41, 5.74) is 2.14. The summed E-state index contributed by atoms with van der Waals surface area (Å²) in [6, 6.07) is 9.56. The highest BCUT2D eigenvalue weighted by atomic mass is 28.1. The minimum absolute atomic E-state index is 0.0133. The van der Waals surface area contributed by atoms with Crippen molar-refractivity contribution < 1.29 is 19.2 Å². The number of carbonyl (C=O) groups excluding carboxylic acids is 1. The number of aliphatic hydroxyl groups excluding tert-OH is 1. The lowest BCUT2D eigenvalue weighted by Gasteiger charge is -2.36. The molecule has 0 amide bonds. The number of carbonyl (C=O) groups is 1. The van der Waals surface area contributed by atoms with Crippen LogP contribution in [-0.4, -0.2) is 45.3 Å². The van der Waals surface area contributed by atoms with Gasteiger partial charge in [0.15, 0.2) is 11.5 Å². The maximum Gasteiger partial charge on any atom is 0.265 e. The molecular formula is C25H27N2O4Si. The van der Waals surface area contributed by atoms with Crippen LogP contribution in [0.4, 0.5) is 0 Å². The third kappa shape index (κ3) is 3.53. The fraction of sp³-hybridized carbons (Fsp3) is 0.440. The van der Waals surface area contributed by atoms with E-state index < -0.39 is 0 Å². The van der Waals surface area contributed by atoms with Gasteiger partial charge in [0.2, 0.25) is 0 Å². The quantitative estimate of drug-likeness (QED) is 0.557. The van der Waals surface area contributed by atoms with E-state index in [4.69, 9.17) is 9.26 Å². The highest BCUT2D eigenvalue weighted by molar-refractivity contribution is 6.13. The van der Waals surface area contributed by atoms with Crippen molar-refractivity contribution in [1.29, 1.82) is 0 Å². The van der Waals surface area contributed by atoms with Gasteiger partial charge in [-0.1, -0.05) is 42.5 Å². The van der Waals surface area contributed by atoms with E-state index in [0.717, 1.165) is 18.4 Å². The van der Waals surface area contributed by atoms with Crippen LogP contribution in [0.2, 0.25) is 5.54 Å². The second-order valence-electron chi connectivity index (χ2n) is 9.22. The van der Waals surface area contributed by atoms with Crippen molar-refractivity contribution in [2.24, 2.45) is 17.8 Å². The monoisotopic (exact) mass is 447 g/mol. The summed E-state index contributed by atoms with van der Waals surface area (Å²) >= 11 is 0. The number of allylic oxidation sites excluding steroid dienone is 2. The Kier molecular flexibility index (Phi) is 5.55. The number of ketones is 1. The lowest BCUT2D eigenvalue weighted by atomic mass is 9.75. The van der Waals surface area contributed by atoms with Crippen LogP contribution in [0.3, 0.4) is 0 Å². The minimum atomic E-state index is -0.199. The number of fused-ring (bicyclic) bond motifs is 4. The van der Waals surface area contributed by atoms with Crippen molar-refractivity contribution in [3.63, 3.8) is 0 Å². The minimum Gasteiger partial charge on any atom is -0.507 e. The van der Waals surface area contributed by atoms with Crippen LogP contribution in [0.5, 0.6) is 5.88 Å². The molecule has 7 heteroatoms. The van der Waals surface area contributed by atoms with Crippen molar-refractivity contribution in [2.75, 3.05) is 14.1 Å². The number of aromatic nitrogens is 1. The molecule has 3 aliphatic carbocycles. The molecule has 32 heavy (non-hydrogen) atoms. The Hall–Kier alpha value is -2.64. The number of benzene rings is 1. The zero-order valence-electron chi connectivity index (χ0n) is 18.3. The predicted molar refractivity (Wildman–Crippen MR) is 121 cm³/mol. The number of hydrogen-bond acceptors (Lipinski definition) is 6. The van der Waals surface area contributed by atoms with Gasteiger partial charge in [-0.05, 0) is 55.0 Å². The van der Waals surface area contributed by atoms with E-state index in [1.165, 1.54) is 0 Å². The van der Waals surface area contributed by atoms with E-state index in [0.29, 0.717) is 35.8 Å². The first-order valence-electron chi connectivity index (χ1n) is 11.1. The zero-order chi connectivity index (χ0) is 22.4. The number of Topliss-reactive ketones (excluding diaryl/α,β-unsaturated/α-hetero) is 1. The van der Waals surface area contributed by atoms with Gasteiger partial charge in [0.1, 0.15) is 17.9 Å². The van der Waals surface area contributed by atoms with Crippen LogP contribution in [0.1, 0.15) is 42.2 Å². The molecule has 0 spiro atoms. The van der Waals surface area contributed by atoms with Crippen LogP contribution in [0.25, 0.3) is 5.76 Å². The number of ether oxygens (including phenoxy) is 1. The Morgan fingerprint density at radius 2 is 1.94 bits per heavy atom. The van der Waals surface area contributed by atoms with Gasteiger partial charge < -0.3 is 14.4 Å². The van der Waals surface area contributed by atoms with Crippen molar-refractivity contribution in [3.05, 3.63) is 64.9 Å². The van der Waals surface area contributed by atoms with Gasteiger partial charge >= 0.3 is 0 Å².